The van der Waals surface area contributed by atoms with Gasteiger partial charge in [0.2, 0.25) is 5.88 Å². The number of H-pyrrole nitrogens is 1. The highest BCUT2D eigenvalue weighted by molar-refractivity contribution is 5.26. The highest BCUT2D eigenvalue weighted by atomic mass is 16.3. The largest absolute Gasteiger partial charge is 0.493 e. The average Bonchev–Trinajstić information content (AvgIpc) is 2.28. The molecular formula is C13H20N2O2. The van der Waals surface area contributed by atoms with Crippen molar-refractivity contribution in [3.63, 3.8) is 0 Å². The van der Waals surface area contributed by atoms with Crippen LogP contribution in [0.3, 0.4) is 0 Å². The van der Waals surface area contributed by atoms with E-state index in [4.69, 9.17) is 0 Å². The summed E-state index contributed by atoms with van der Waals surface area (Å²) in [6, 6.07) is 0. The fraction of sp³-hybridized carbons (Fsp3) is 0.692. The van der Waals surface area contributed by atoms with E-state index in [0.717, 1.165) is 12.8 Å². The Hall–Kier alpha value is -1.32. The third-order valence-corrected chi connectivity index (χ3v) is 3.52. The summed E-state index contributed by atoms with van der Waals surface area (Å²) >= 11 is 0. The lowest BCUT2D eigenvalue weighted by Crippen LogP contribution is -2.20. The second-order valence-electron chi connectivity index (χ2n) is 5.18. The number of hydrogen-bond acceptors (Lipinski definition) is 3. The van der Waals surface area contributed by atoms with Crippen LogP contribution in [0.1, 0.15) is 69.2 Å². The van der Waals surface area contributed by atoms with Crippen LogP contribution in [0, 0.1) is 0 Å². The van der Waals surface area contributed by atoms with Crippen molar-refractivity contribution >= 4 is 0 Å². The average molecular weight is 236 g/mol. The molecule has 4 nitrogen and oxygen atoms in total. The van der Waals surface area contributed by atoms with E-state index in [-0.39, 0.29) is 17.4 Å². The molecule has 1 aliphatic carbocycles. The van der Waals surface area contributed by atoms with Crippen LogP contribution in [0.4, 0.5) is 0 Å². The van der Waals surface area contributed by atoms with Crippen LogP contribution in [-0.4, -0.2) is 15.1 Å². The predicted octanol–water partition coefficient (Wildman–Crippen LogP) is 2.65. The highest BCUT2D eigenvalue weighted by Crippen LogP contribution is 2.31. The number of rotatable bonds is 2. The molecule has 0 aromatic carbocycles. The molecule has 1 aliphatic rings. The first-order chi connectivity index (χ1) is 8.09. The van der Waals surface area contributed by atoms with Crippen molar-refractivity contribution in [3.05, 3.63) is 21.7 Å². The predicted molar refractivity (Wildman–Crippen MR) is 66.4 cm³/mol. The van der Waals surface area contributed by atoms with Gasteiger partial charge < -0.3 is 10.1 Å². The van der Waals surface area contributed by atoms with Crippen molar-refractivity contribution in [2.24, 2.45) is 0 Å². The van der Waals surface area contributed by atoms with Crippen LogP contribution in [0.2, 0.25) is 0 Å². The maximum atomic E-state index is 11.9. The summed E-state index contributed by atoms with van der Waals surface area (Å²) in [6.45, 7) is 3.76. The first-order valence-corrected chi connectivity index (χ1v) is 6.42. The summed E-state index contributed by atoms with van der Waals surface area (Å²) in [6.07, 6.45) is 5.74. The zero-order valence-electron chi connectivity index (χ0n) is 10.5. The lowest BCUT2D eigenvalue weighted by atomic mass is 9.88. The number of nitrogens with zero attached hydrogens (tertiary/aromatic N) is 1. The lowest BCUT2D eigenvalue weighted by Gasteiger charge is -2.21. The van der Waals surface area contributed by atoms with Gasteiger partial charge >= 0.3 is 0 Å². The molecule has 0 amide bonds. The second-order valence-corrected chi connectivity index (χ2v) is 5.18. The van der Waals surface area contributed by atoms with Gasteiger partial charge in [-0.2, -0.15) is 4.98 Å². The number of aromatic hydroxyl groups is 1. The van der Waals surface area contributed by atoms with Crippen LogP contribution < -0.4 is 5.56 Å². The summed E-state index contributed by atoms with van der Waals surface area (Å²) in [5.74, 6) is 0.871. The number of aromatic nitrogens is 2. The van der Waals surface area contributed by atoms with Crippen molar-refractivity contribution in [2.45, 2.75) is 57.8 Å². The molecule has 0 radical (unpaired) electrons. The zero-order chi connectivity index (χ0) is 12.4. The maximum absolute atomic E-state index is 11.9. The fourth-order valence-electron chi connectivity index (χ4n) is 2.58. The molecular weight excluding hydrogens is 216 g/mol. The summed E-state index contributed by atoms with van der Waals surface area (Å²) in [5, 5.41) is 9.84. The Balaban J connectivity index is 2.34. The molecule has 0 saturated heterocycles. The quantitative estimate of drug-likeness (QED) is 0.829. The topological polar surface area (TPSA) is 66.0 Å². The highest BCUT2D eigenvalue weighted by Gasteiger charge is 2.21. The molecule has 2 N–H and O–H groups in total. The smallest absolute Gasteiger partial charge is 0.258 e. The summed E-state index contributed by atoms with van der Waals surface area (Å²) in [7, 11) is 0. The first-order valence-electron chi connectivity index (χ1n) is 6.42. The van der Waals surface area contributed by atoms with Gasteiger partial charge in [-0.1, -0.05) is 33.1 Å². The molecule has 17 heavy (non-hydrogen) atoms. The van der Waals surface area contributed by atoms with Gasteiger partial charge in [0.15, 0.2) is 0 Å². The van der Waals surface area contributed by atoms with Crippen molar-refractivity contribution in [1.82, 2.24) is 9.97 Å². The Bertz CT molecular complexity index is 445. The Morgan fingerprint density at radius 2 is 1.94 bits per heavy atom. The van der Waals surface area contributed by atoms with E-state index in [1.807, 2.05) is 13.8 Å². The minimum atomic E-state index is -0.187. The van der Waals surface area contributed by atoms with Crippen LogP contribution in [0.15, 0.2) is 4.79 Å². The van der Waals surface area contributed by atoms with E-state index in [1.54, 1.807) is 0 Å². The molecule has 0 atom stereocenters. The summed E-state index contributed by atoms with van der Waals surface area (Å²) < 4.78 is 0. The molecule has 2 rings (SSSR count). The van der Waals surface area contributed by atoms with E-state index in [1.165, 1.54) is 19.3 Å². The number of aromatic amines is 1. The van der Waals surface area contributed by atoms with Gasteiger partial charge in [0, 0.05) is 5.92 Å². The second kappa shape index (κ2) is 4.90. The molecule has 1 fully saturated rings. The van der Waals surface area contributed by atoms with Crippen LogP contribution in [0.5, 0.6) is 5.88 Å². The molecule has 1 heterocycles. The molecule has 94 valence electrons. The molecule has 1 aromatic heterocycles. The monoisotopic (exact) mass is 236 g/mol. The van der Waals surface area contributed by atoms with Crippen molar-refractivity contribution in [2.75, 3.05) is 0 Å². The van der Waals surface area contributed by atoms with E-state index in [0.29, 0.717) is 17.3 Å². The molecule has 1 saturated carbocycles. The molecule has 0 aliphatic heterocycles. The van der Waals surface area contributed by atoms with Crippen molar-refractivity contribution < 1.29 is 5.11 Å². The standard InChI is InChI=1S/C13H20N2O2/c1-8(2)10-12(16)14-11(15-13(10)17)9-6-4-3-5-7-9/h8-9H,3-7H2,1-2H3,(H2,14,15,16,17). The number of nitrogens with one attached hydrogen (secondary N) is 1. The van der Waals surface area contributed by atoms with E-state index >= 15 is 0 Å². The molecule has 4 heteroatoms. The van der Waals surface area contributed by atoms with Gasteiger partial charge in [-0.15, -0.1) is 0 Å². The minimum absolute atomic E-state index is 0.00773. The van der Waals surface area contributed by atoms with Crippen molar-refractivity contribution in [3.8, 4) is 5.88 Å². The Kier molecular flexibility index (Phi) is 3.50. The lowest BCUT2D eigenvalue weighted by molar-refractivity contribution is 0.403. The Labute approximate surface area is 101 Å². The van der Waals surface area contributed by atoms with E-state index in [2.05, 4.69) is 9.97 Å². The van der Waals surface area contributed by atoms with Crippen LogP contribution in [0.25, 0.3) is 0 Å². The van der Waals surface area contributed by atoms with Gasteiger partial charge in [0.1, 0.15) is 5.82 Å². The van der Waals surface area contributed by atoms with Gasteiger partial charge in [-0.25, -0.2) is 0 Å². The normalized spacial score (nSPS) is 17.6. The molecule has 0 spiro atoms. The zero-order valence-corrected chi connectivity index (χ0v) is 10.5. The SMILES string of the molecule is CC(C)c1c(O)nc(C2CCCCC2)[nH]c1=O. The van der Waals surface area contributed by atoms with Gasteiger partial charge in [-0.3, -0.25) is 4.79 Å². The first kappa shape index (κ1) is 12.1. The maximum Gasteiger partial charge on any atom is 0.258 e. The summed E-state index contributed by atoms with van der Waals surface area (Å²) in [5.41, 5.74) is 0.206. The van der Waals surface area contributed by atoms with Crippen molar-refractivity contribution in [1.29, 1.82) is 0 Å². The Morgan fingerprint density at radius 1 is 1.29 bits per heavy atom. The fourth-order valence-corrected chi connectivity index (χ4v) is 2.58. The number of hydrogen-bond donors (Lipinski definition) is 2. The van der Waals surface area contributed by atoms with Crippen LogP contribution in [-0.2, 0) is 0 Å². The van der Waals surface area contributed by atoms with E-state index in [9.17, 15) is 9.90 Å². The molecule has 1 aromatic rings. The molecule has 0 bridgehead atoms. The molecule has 0 unspecified atom stereocenters. The van der Waals surface area contributed by atoms with Gasteiger partial charge in [-0.05, 0) is 18.8 Å². The third-order valence-electron chi connectivity index (χ3n) is 3.52. The Morgan fingerprint density at radius 3 is 2.47 bits per heavy atom. The summed E-state index contributed by atoms with van der Waals surface area (Å²) in [4.78, 5) is 18.9. The van der Waals surface area contributed by atoms with Gasteiger partial charge in [0.25, 0.3) is 5.56 Å². The van der Waals surface area contributed by atoms with Gasteiger partial charge in [0.05, 0.1) is 5.56 Å². The van der Waals surface area contributed by atoms with E-state index < -0.39 is 0 Å². The van der Waals surface area contributed by atoms with Crippen LogP contribution >= 0.6 is 0 Å². The third kappa shape index (κ3) is 2.51. The minimum Gasteiger partial charge on any atom is -0.493 e.